The maximum Gasteiger partial charge on any atom is 0.322 e. The fourth-order valence-corrected chi connectivity index (χ4v) is 3.95. The highest BCUT2D eigenvalue weighted by molar-refractivity contribution is 7.10. The number of nitrogens with zero attached hydrogens (tertiary/aromatic N) is 5. The Morgan fingerprint density at radius 3 is 2.74 bits per heavy atom. The van der Waals surface area contributed by atoms with E-state index < -0.39 is 0 Å². The van der Waals surface area contributed by atoms with Crippen molar-refractivity contribution in [2.75, 3.05) is 5.32 Å². The van der Waals surface area contributed by atoms with Gasteiger partial charge < -0.3 is 10.2 Å². The Kier molecular flexibility index (Phi) is 4.65. The Morgan fingerprint density at radius 1 is 1.30 bits per heavy atom. The van der Waals surface area contributed by atoms with E-state index in [4.69, 9.17) is 0 Å². The molecular weight excluding hydrogens is 360 g/mol. The largest absolute Gasteiger partial charge is 0.322 e. The van der Waals surface area contributed by atoms with Gasteiger partial charge in [0.1, 0.15) is 6.33 Å². The SMILES string of the molecule is Cc1ccsc1CN(C(=O)Nc1cc(-n2cnnn2)cc(C)c1C)C1CC1. The van der Waals surface area contributed by atoms with Gasteiger partial charge in [-0.15, -0.1) is 16.4 Å². The molecule has 0 spiro atoms. The molecular formula is C19H22N6OS. The van der Waals surface area contributed by atoms with E-state index in [0.29, 0.717) is 12.6 Å². The molecule has 1 aliphatic rings. The van der Waals surface area contributed by atoms with Crippen LogP contribution in [0.2, 0.25) is 0 Å². The summed E-state index contributed by atoms with van der Waals surface area (Å²) in [6.07, 6.45) is 3.69. The molecule has 4 rings (SSSR count). The number of nitrogens with one attached hydrogen (secondary N) is 1. The Hall–Kier alpha value is -2.74. The van der Waals surface area contributed by atoms with E-state index in [1.54, 1.807) is 22.3 Å². The zero-order valence-corrected chi connectivity index (χ0v) is 16.5. The lowest BCUT2D eigenvalue weighted by molar-refractivity contribution is 0.206. The Labute approximate surface area is 162 Å². The number of benzene rings is 1. The average molecular weight is 382 g/mol. The first kappa shape index (κ1) is 17.7. The summed E-state index contributed by atoms with van der Waals surface area (Å²) in [7, 11) is 0. The molecule has 8 heteroatoms. The summed E-state index contributed by atoms with van der Waals surface area (Å²) in [6.45, 7) is 6.79. The van der Waals surface area contributed by atoms with Crippen LogP contribution in [-0.4, -0.2) is 37.2 Å². The van der Waals surface area contributed by atoms with Crippen LogP contribution < -0.4 is 5.32 Å². The van der Waals surface area contributed by atoms with Crippen molar-refractivity contribution in [1.29, 1.82) is 0 Å². The van der Waals surface area contributed by atoms with E-state index in [2.05, 4.69) is 39.2 Å². The van der Waals surface area contributed by atoms with Crippen LogP contribution in [0.3, 0.4) is 0 Å². The van der Waals surface area contributed by atoms with E-state index in [0.717, 1.165) is 35.3 Å². The second-order valence-electron chi connectivity index (χ2n) is 7.01. The molecule has 0 saturated heterocycles. The fourth-order valence-electron chi connectivity index (χ4n) is 3.04. The number of amides is 2. The van der Waals surface area contributed by atoms with Crippen LogP contribution in [-0.2, 0) is 6.54 Å². The molecule has 1 N–H and O–H groups in total. The number of tetrazole rings is 1. The average Bonchev–Trinajstić information content (AvgIpc) is 3.16. The molecule has 7 nitrogen and oxygen atoms in total. The highest BCUT2D eigenvalue weighted by atomic mass is 32.1. The highest BCUT2D eigenvalue weighted by Crippen LogP contribution is 2.31. The predicted octanol–water partition coefficient (Wildman–Crippen LogP) is 3.85. The number of hydrogen-bond donors (Lipinski definition) is 1. The minimum atomic E-state index is -0.0540. The second kappa shape index (κ2) is 7.11. The monoisotopic (exact) mass is 382 g/mol. The van der Waals surface area contributed by atoms with E-state index >= 15 is 0 Å². The molecule has 1 aromatic carbocycles. The standard InChI is InChI=1S/C19H22N6OS/c1-12-6-7-27-18(12)10-24(15-4-5-15)19(26)21-17-9-16(8-13(2)14(17)3)25-11-20-22-23-25/h6-9,11,15H,4-5,10H2,1-3H3,(H,21,26). The summed E-state index contributed by atoms with van der Waals surface area (Å²) >= 11 is 1.71. The van der Waals surface area contributed by atoms with E-state index in [9.17, 15) is 4.79 Å². The van der Waals surface area contributed by atoms with Gasteiger partial charge in [0.05, 0.1) is 12.2 Å². The number of aryl methyl sites for hydroxylation is 2. The van der Waals surface area contributed by atoms with Crippen molar-refractivity contribution in [1.82, 2.24) is 25.1 Å². The van der Waals surface area contributed by atoms with Crippen molar-refractivity contribution >= 4 is 23.1 Å². The van der Waals surface area contributed by atoms with Gasteiger partial charge >= 0.3 is 6.03 Å². The third-order valence-electron chi connectivity index (χ3n) is 5.04. The first-order chi connectivity index (χ1) is 13.0. The minimum Gasteiger partial charge on any atom is -0.316 e. The third-order valence-corrected chi connectivity index (χ3v) is 6.05. The molecule has 2 aromatic heterocycles. The normalized spacial score (nSPS) is 13.6. The van der Waals surface area contributed by atoms with Crippen LogP contribution in [0.1, 0.15) is 34.4 Å². The van der Waals surface area contributed by atoms with Crippen molar-refractivity contribution in [3.05, 3.63) is 51.5 Å². The Morgan fingerprint density at radius 2 is 2.11 bits per heavy atom. The molecule has 140 valence electrons. The molecule has 1 fully saturated rings. The Bertz CT molecular complexity index is 961. The quantitative estimate of drug-likeness (QED) is 0.727. The number of hydrogen-bond acceptors (Lipinski definition) is 5. The predicted molar refractivity (Wildman–Crippen MR) is 105 cm³/mol. The molecule has 2 heterocycles. The molecule has 1 aliphatic carbocycles. The zero-order chi connectivity index (χ0) is 19.0. The van der Waals surface area contributed by atoms with Crippen LogP contribution >= 0.6 is 11.3 Å². The van der Waals surface area contributed by atoms with Gasteiger partial charge in [-0.05, 0) is 84.3 Å². The smallest absolute Gasteiger partial charge is 0.316 e. The molecule has 1 saturated carbocycles. The molecule has 0 bridgehead atoms. The number of thiophene rings is 1. The summed E-state index contributed by atoms with van der Waals surface area (Å²) in [5.74, 6) is 0. The fraction of sp³-hybridized carbons (Fsp3) is 0.368. The van der Waals surface area contributed by atoms with Gasteiger partial charge in [-0.2, -0.15) is 0 Å². The summed E-state index contributed by atoms with van der Waals surface area (Å²) < 4.78 is 1.59. The second-order valence-corrected chi connectivity index (χ2v) is 8.01. The lowest BCUT2D eigenvalue weighted by Crippen LogP contribution is -2.36. The van der Waals surface area contributed by atoms with E-state index in [1.807, 2.05) is 30.9 Å². The third kappa shape index (κ3) is 3.71. The summed E-state index contributed by atoms with van der Waals surface area (Å²) in [6, 6.07) is 6.30. The van der Waals surface area contributed by atoms with Gasteiger partial charge in [0.15, 0.2) is 0 Å². The van der Waals surface area contributed by atoms with Gasteiger partial charge in [-0.25, -0.2) is 9.48 Å². The van der Waals surface area contributed by atoms with E-state index in [-0.39, 0.29) is 6.03 Å². The van der Waals surface area contributed by atoms with Gasteiger partial charge in [0.2, 0.25) is 0 Å². The summed E-state index contributed by atoms with van der Waals surface area (Å²) in [4.78, 5) is 16.3. The minimum absolute atomic E-state index is 0.0540. The lowest BCUT2D eigenvalue weighted by Gasteiger charge is -2.24. The van der Waals surface area contributed by atoms with Crippen LogP contribution in [0.15, 0.2) is 29.9 Å². The molecule has 0 radical (unpaired) electrons. The number of aromatic nitrogens is 4. The first-order valence-corrected chi connectivity index (χ1v) is 9.86. The molecule has 27 heavy (non-hydrogen) atoms. The van der Waals surface area contributed by atoms with Gasteiger partial charge in [-0.1, -0.05) is 0 Å². The maximum absolute atomic E-state index is 13.1. The van der Waals surface area contributed by atoms with Gasteiger partial charge in [0.25, 0.3) is 0 Å². The number of anilines is 1. The topological polar surface area (TPSA) is 75.9 Å². The zero-order valence-electron chi connectivity index (χ0n) is 15.6. The van der Waals surface area contributed by atoms with Crippen LogP contribution in [0.5, 0.6) is 0 Å². The van der Waals surface area contributed by atoms with Crippen LogP contribution in [0, 0.1) is 20.8 Å². The number of carbonyl (C=O) groups excluding carboxylic acids is 1. The molecule has 2 amide bonds. The van der Waals surface area contributed by atoms with Crippen molar-refractivity contribution in [2.45, 2.75) is 46.2 Å². The van der Waals surface area contributed by atoms with Crippen molar-refractivity contribution in [2.24, 2.45) is 0 Å². The molecule has 0 atom stereocenters. The van der Waals surface area contributed by atoms with Gasteiger partial charge in [-0.3, -0.25) is 0 Å². The maximum atomic E-state index is 13.1. The van der Waals surface area contributed by atoms with Crippen LogP contribution in [0.4, 0.5) is 10.5 Å². The summed E-state index contributed by atoms with van der Waals surface area (Å²) in [5, 5.41) is 16.5. The van der Waals surface area contributed by atoms with Crippen LogP contribution in [0.25, 0.3) is 5.69 Å². The number of urea groups is 1. The first-order valence-electron chi connectivity index (χ1n) is 8.98. The lowest BCUT2D eigenvalue weighted by atomic mass is 10.1. The number of carbonyl (C=O) groups is 1. The number of rotatable bonds is 5. The molecule has 0 unspecified atom stereocenters. The van der Waals surface area contributed by atoms with E-state index in [1.165, 1.54) is 10.4 Å². The summed E-state index contributed by atoms with van der Waals surface area (Å²) in [5.41, 5.74) is 4.98. The highest BCUT2D eigenvalue weighted by Gasteiger charge is 2.33. The van der Waals surface area contributed by atoms with Gasteiger partial charge in [0, 0.05) is 16.6 Å². The Balaban J connectivity index is 1.58. The van der Waals surface area contributed by atoms with Crippen molar-refractivity contribution in [3.8, 4) is 5.69 Å². The molecule has 0 aliphatic heterocycles. The molecule has 3 aromatic rings. The van der Waals surface area contributed by atoms with Crippen molar-refractivity contribution in [3.63, 3.8) is 0 Å². The van der Waals surface area contributed by atoms with Crippen molar-refractivity contribution < 1.29 is 4.79 Å².